The molecule has 0 saturated heterocycles. The molecule has 0 saturated carbocycles. The number of rotatable bonds is 0. The zero-order chi connectivity index (χ0) is 12.4. The summed E-state index contributed by atoms with van der Waals surface area (Å²) in [6.07, 6.45) is 7.75. The van der Waals surface area contributed by atoms with Crippen LogP contribution in [0.15, 0.2) is 43.0 Å². The summed E-state index contributed by atoms with van der Waals surface area (Å²) in [7, 11) is 0. The average molecular weight is 265 g/mol. The summed E-state index contributed by atoms with van der Waals surface area (Å²) in [6.45, 7) is 0.902. The molecule has 4 aromatic heterocycles. The highest BCUT2D eigenvalue weighted by Crippen LogP contribution is 2.35. The molecular weight excluding hydrogens is 256 g/mol. The van der Waals surface area contributed by atoms with Gasteiger partial charge >= 0.3 is 5.65 Å². The first-order chi connectivity index (χ1) is 9.42. The molecule has 0 atom stereocenters. The number of aromatic nitrogens is 4. The monoisotopic (exact) mass is 265 g/mol. The van der Waals surface area contributed by atoms with E-state index in [4.69, 9.17) is 0 Å². The number of thiazole rings is 1. The number of nitrogens with zero attached hydrogens (tertiary/aromatic N) is 4. The lowest BCUT2D eigenvalue weighted by atomic mass is 10.2. The van der Waals surface area contributed by atoms with Crippen LogP contribution in [0.1, 0.15) is 5.56 Å². The van der Waals surface area contributed by atoms with E-state index < -0.39 is 0 Å². The predicted octanol–water partition coefficient (Wildman–Crippen LogP) is 2.26. The zero-order valence-corrected chi connectivity index (χ0v) is 10.8. The number of hydrogen-bond acceptors (Lipinski definition) is 3. The fraction of sp³-hybridized carbons (Fsp3) is 0.0714. The second kappa shape index (κ2) is 3.19. The van der Waals surface area contributed by atoms with Crippen LogP contribution in [0.4, 0.5) is 0 Å². The van der Waals surface area contributed by atoms with Gasteiger partial charge in [-0.05, 0) is 12.1 Å². The van der Waals surface area contributed by atoms with E-state index in [1.807, 2.05) is 36.0 Å². The van der Waals surface area contributed by atoms with Crippen molar-refractivity contribution in [1.29, 1.82) is 0 Å². The fourth-order valence-corrected chi connectivity index (χ4v) is 4.08. The minimum atomic E-state index is 0.902. The Morgan fingerprint density at radius 1 is 1.32 bits per heavy atom. The molecule has 4 aromatic rings. The maximum absolute atomic E-state index is 4.41. The van der Waals surface area contributed by atoms with Crippen LogP contribution >= 0.6 is 11.3 Å². The van der Waals surface area contributed by atoms with Crippen molar-refractivity contribution in [3.63, 3.8) is 0 Å². The lowest BCUT2D eigenvalue weighted by Gasteiger charge is -1.91. The Labute approximate surface area is 112 Å². The lowest BCUT2D eigenvalue weighted by Crippen LogP contribution is -2.31. The van der Waals surface area contributed by atoms with Gasteiger partial charge < -0.3 is 0 Å². The fourth-order valence-electron chi connectivity index (χ4n) is 2.84. The van der Waals surface area contributed by atoms with Gasteiger partial charge in [-0.15, -0.1) is 0 Å². The van der Waals surface area contributed by atoms with Gasteiger partial charge in [-0.3, -0.25) is 4.98 Å². The van der Waals surface area contributed by atoms with Crippen molar-refractivity contribution in [3.8, 4) is 10.6 Å². The summed E-state index contributed by atoms with van der Waals surface area (Å²) in [6, 6.07) is 6.24. The van der Waals surface area contributed by atoms with E-state index in [1.54, 1.807) is 0 Å². The largest absolute Gasteiger partial charge is 0.307 e. The highest BCUT2D eigenvalue weighted by molar-refractivity contribution is 7.21. The minimum Gasteiger partial charge on any atom is -0.264 e. The molecule has 0 spiro atoms. The van der Waals surface area contributed by atoms with Gasteiger partial charge in [0.2, 0.25) is 5.65 Å². The van der Waals surface area contributed by atoms with E-state index in [1.165, 1.54) is 26.5 Å². The molecule has 5 heterocycles. The molecule has 1 aliphatic heterocycles. The molecule has 4 nitrogen and oxygen atoms in total. The molecule has 0 amide bonds. The van der Waals surface area contributed by atoms with Crippen molar-refractivity contribution < 1.29 is 4.57 Å². The first-order valence-corrected chi connectivity index (χ1v) is 6.95. The third kappa shape index (κ3) is 1.11. The van der Waals surface area contributed by atoms with Crippen LogP contribution in [0.2, 0.25) is 0 Å². The Hall–Kier alpha value is -2.27. The summed E-state index contributed by atoms with van der Waals surface area (Å²) in [5.74, 6) is 0. The summed E-state index contributed by atoms with van der Waals surface area (Å²) in [5, 5.41) is 1.32. The topological polar surface area (TPSA) is 34.1 Å². The first-order valence-electron chi connectivity index (χ1n) is 6.13. The number of fused-ring (bicyclic) bond motifs is 7. The van der Waals surface area contributed by atoms with Crippen molar-refractivity contribution in [3.05, 3.63) is 48.5 Å². The third-order valence-electron chi connectivity index (χ3n) is 3.65. The summed E-state index contributed by atoms with van der Waals surface area (Å²) in [5.41, 5.74) is 4.86. The maximum atomic E-state index is 4.41. The Morgan fingerprint density at radius 2 is 2.32 bits per heavy atom. The maximum Gasteiger partial charge on any atom is 0.307 e. The van der Waals surface area contributed by atoms with Crippen LogP contribution in [0.3, 0.4) is 0 Å². The molecule has 0 bridgehead atoms. The van der Waals surface area contributed by atoms with Gasteiger partial charge in [-0.25, -0.2) is 9.55 Å². The van der Waals surface area contributed by atoms with Gasteiger partial charge in [-0.1, -0.05) is 11.3 Å². The highest BCUT2D eigenvalue weighted by atomic mass is 32.1. The quantitative estimate of drug-likeness (QED) is 0.402. The van der Waals surface area contributed by atoms with E-state index in [2.05, 4.69) is 37.3 Å². The molecule has 1 aliphatic rings. The van der Waals surface area contributed by atoms with Crippen LogP contribution in [0.25, 0.3) is 26.6 Å². The van der Waals surface area contributed by atoms with Gasteiger partial charge in [-0.2, -0.15) is 4.40 Å². The average Bonchev–Trinajstić information content (AvgIpc) is 3.05. The standard InChI is InChI=1S/C14H9N4S/c1-3-16-12-6-11-13(17(12)5-1)18-8-9-7-15-4-2-10(9)14(18)19-11/h1-7H,8H2/q+1. The second-order valence-corrected chi connectivity index (χ2v) is 5.74. The first kappa shape index (κ1) is 9.63. The molecule has 5 rings (SSSR count). The molecular formula is C14H9N4S+. The molecule has 19 heavy (non-hydrogen) atoms. The van der Waals surface area contributed by atoms with Crippen molar-refractivity contribution in [2.45, 2.75) is 6.54 Å². The molecule has 5 heteroatoms. The molecule has 0 unspecified atom stereocenters. The molecule has 0 N–H and O–H groups in total. The van der Waals surface area contributed by atoms with E-state index in [0.717, 1.165) is 12.2 Å². The summed E-state index contributed by atoms with van der Waals surface area (Å²) < 4.78 is 5.81. The van der Waals surface area contributed by atoms with Crippen LogP contribution in [0, 0.1) is 0 Å². The Kier molecular flexibility index (Phi) is 1.62. The van der Waals surface area contributed by atoms with Crippen LogP contribution in [-0.4, -0.2) is 14.4 Å². The van der Waals surface area contributed by atoms with Crippen molar-refractivity contribution in [2.24, 2.45) is 0 Å². The molecule has 90 valence electrons. The lowest BCUT2D eigenvalue weighted by molar-refractivity contribution is -0.644. The molecule has 0 aliphatic carbocycles. The van der Waals surface area contributed by atoms with Gasteiger partial charge in [0.15, 0.2) is 5.01 Å². The Morgan fingerprint density at radius 3 is 3.32 bits per heavy atom. The summed E-state index contributed by atoms with van der Waals surface area (Å²) >= 11 is 1.83. The van der Waals surface area contributed by atoms with Gasteiger partial charge in [0, 0.05) is 35.8 Å². The van der Waals surface area contributed by atoms with Gasteiger partial charge in [0.1, 0.15) is 11.2 Å². The van der Waals surface area contributed by atoms with E-state index in [0.29, 0.717) is 0 Å². The van der Waals surface area contributed by atoms with E-state index in [-0.39, 0.29) is 0 Å². The number of pyridine rings is 1. The smallest absolute Gasteiger partial charge is 0.264 e. The third-order valence-corrected chi connectivity index (χ3v) is 4.81. The van der Waals surface area contributed by atoms with Crippen LogP contribution < -0.4 is 4.57 Å². The van der Waals surface area contributed by atoms with Crippen LogP contribution in [0.5, 0.6) is 0 Å². The van der Waals surface area contributed by atoms with E-state index >= 15 is 0 Å². The van der Waals surface area contributed by atoms with Gasteiger partial charge in [0.05, 0.1) is 6.20 Å². The van der Waals surface area contributed by atoms with Gasteiger partial charge in [0.25, 0.3) is 0 Å². The normalized spacial score (nSPS) is 13.1. The SMILES string of the molecule is c1cnc2cc3sc4[n+](c3n2c1)Cc1cnccc1-4. The predicted molar refractivity (Wildman–Crippen MR) is 73.1 cm³/mol. The van der Waals surface area contributed by atoms with Crippen LogP contribution in [-0.2, 0) is 6.54 Å². The van der Waals surface area contributed by atoms with Crippen molar-refractivity contribution in [2.75, 3.05) is 0 Å². The molecule has 0 aromatic carbocycles. The van der Waals surface area contributed by atoms with Crippen molar-refractivity contribution in [1.82, 2.24) is 14.4 Å². The Bertz CT molecular complexity index is 951. The minimum absolute atomic E-state index is 0.902. The molecule has 0 fully saturated rings. The van der Waals surface area contributed by atoms with E-state index in [9.17, 15) is 0 Å². The number of hydrogen-bond donors (Lipinski definition) is 0. The zero-order valence-electron chi connectivity index (χ0n) is 9.95. The second-order valence-electron chi connectivity index (χ2n) is 4.71. The highest BCUT2D eigenvalue weighted by Gasteiger charge is 2.30. The summed E-state index contributed by atoms with van der Waals surface area (Å²) in [4.78, 5) is 8.63. The Balaban J connectivity index is 1.94. The van der Waals surface area contributed by atoms with Crippen molar-refractivity contribution >= 4 is 27.3 Å². The molecule has 0 radical (unpaired) electrons.